The first kappa shape index (κ1) is 16.5. The molecule has 1 aromatic heterocycles. The summed E-state index contributed by atoms with van der Waals surface area (Å²) in [5.74, 6) is 1.87. The molecule has 118 valence electrons. The predicted molar refractivity (Wildman–Crippen MR) is 89.3 cm³/mol. The molecule has 1 saturated heterocycles. The lowest BCUT2D eigenvalue weighted by molar-refractivity contribution is 0.220. The minimum atomic E-state index is 0.548. The molecule has 21 heavy (non-hydrogen) atoms. The lowest BCUT2D eigenvalue weighted by Crippen LogP contribution is -2.43. The molecule has 2 rings (SSSR count). The van der Waals surface area contributed by atoms with E-state index in [0.717, 1.165) is 36.6 Å². The Morgan fingerprint density at radius 2 is 1.90 bits per heavy atom. The van der Waals surface area contributed by atoms with Gasteiger partial charge in [0.15, 0.2) is 0 Å². The standard InChI is InChI=1S/C16H27ClN4/c1-5-7-14-18-15(17)12(3)16(19-14)20(4)13-8-10-21(6-2)11-9-13/h13H,5-11H2,1-4H3. The molecule has 1 aliphatic heterocycles. The van der Waals surface area contributed by atoms with Gasteiger partial charge in [-0.15, -0.1) is 0 Å². The van der Waals surface area contributed by atoms with Gasteiger partial charge in [0, 0.05) is 38.2 Å². The van der Waals surface area contributed by atoms with Crippen molar-refractivity contribution >= 4 is 17.4 Å². The minimum absolute atomic E-state index is 0.548. The van der Waals surface area contributed by atoms with Crippen LogP contribution in [0.25, 0.3) is 0 Å². The van der Waals surface area contributed by atoms with Crippen LogP contribution in [-0.4, -0.2) is 47.6 Å². The van der Waals surface area contributed by atoms with Crippen LogP contribution in [-0.2, 0) is 6.42 Å². The number of halogens is 1. The summed E-state index contributed by atoms with van der Waals surface area (Å²) in [5, 5.41) is 0.598. The average molecular weight is 311 g/mol. The molecule has 0 saturated carbocycles. The second-order valence-corrected chi connectivity index (χ2v) is 6.26. The van der Waals surface area contributed by atoms with Crippen molar-refractivity contribution < 1.29 is 0 Å². The van der Waals surface area contributed by atoms with E-state index in [9.17, 15) is 0 Å². The maximum absolute atomic E-state index is 6.30. The Morgan fingerprint density at radius 3 is 2.48 bits per heavy atom. The maximum Gasteiger partial charge on any atom is 0.137 e. The Kier molecular flexibility index (Phi) is 5.82. The zero-order valence-electron chi connectivity index (χ0n) is 13.7. The number of aromatic nitrogens is 2. The number of nitrogens with zero attached hydrogens (tertiary/aromatic N) is 4. The highest BCUT2D eigenvalue weighted by molar-refractivity contribution is 6.30. The van der Waals surface area contributed by atoms with Crippen LogP contribution in [0.4, 0.5) is 5.82 Å². The Hall–Kier alpha value is -0.870. The second kappa shape index (κ2) is 7.41. The quantitative estimate of drug-likeness (QED) is 0.781. The number of aryl methyl sites for hydroxylation is 1. The highest BCUT2D eigenvalue weighted by atomic mass is 35.5. The van der Waals surface area contributed by atoms with E-state index in [1.54, 1.807) is 0 Å². The monoisotopic (exact) mass is 310 g/mol. The van der Waals surface area contributed by atoms with Gasteiger partial charge in [0.25, 0.3) is 0 Å². The minimum Gasteiger partial charge on any atom is -0.356 e. The highest BCUT2D eigenvalue weighted by Gasteiger charge is 2.24. The molecule has 0 spiro atoms. The lowest BCUT2D eigenvalue weighted by Gasteiger charge is -2.37. The molecule has 4 nitrogen and oxygen atoms in total. The summed E-state index contributed by atoms with van der Waals surface area (Å²) >= 11 is 6.30. The van der Waals surface area contributed by atoms with Gasteiger partial charge in [-0.25, -0.2) is 9.97 Å². The molecule has 0 bridgehead atoms. The fourth-order valence-corrected chi connectivity index (χ4v) is 3.18. The molecule has 0 aliphatic carbocycles. The molecule has 0 aromatic carbocycles. The first-order chi connectivity index (χ1) is 10.1. The third-order valence-corrected chi connectivity index (χ3v) is 4.83. The van der Waals surface area contributed by atoms with Gasteiger partial charge in [-0.05, 0) is 32.7 Å². The van der Waals surface area contributed by atoms with E-state index >= 15 is 0 Å². The maximum atomic E-state index is 6.30. The summed E-state index contributed by atoms with van der Waals surface area (Å²) < 4.78 is 0. The third-order valence-electron chi connectivity index (χ3n) is 4.47. The van der Waals surface area contributed by atoms with Crippen LogP contribution in [0.2, 0.25) is 5.15 Å². The number of piperidine rings is 1. The summed E-state index contributed by atoms with van der Waals surface area (Å²) in [4.78, 5) is 14.0. The van der Waals surface area contributed by atoms with Crippen LogP contribution in [0.3, 0.4) is 0 Å². The van der Waals surface area contributed by atoms with E-state index in [2.05, 4.69) is 35.7 Å². The Balaban J connectivity index is 2.16. The summed E-state index contributed by atoms with van der Waals surface area (Å²) in [6, 6.07) is 0.548. The van der Waals surface area contributed by atoms with Gasteiger partial charge in [0.2, 0.25) is 0 Å². The number of likely N-dealkylation sites (tertiary alicyclic amines) is 1. The van der Waals surface area contributed by atoms with Crippen molar-refractivity contribution in [1.29, 1.82) is 0 Å². The van der Waals surface area contributed by atoms with Crippen LogP contribution in [0.5, 0.6) is 0 Å². The van der Waals surface area contributed by atoms with Crippen molar-refractivity contribution in [1.82, 2.24) is 14.9 Å². The molecule has 1 aliphatic rings. The number of hydrogen-bond acceptors (Lipinski definition) is 4. The molecular weight excluding hydrogens is 284 g/mol. The van der Waals surface area contributed by atoms with Gasteiger partial charge >= 0.3 is 0 Å². The largest absolute Gasteiger partial charge is 0.356 e. The van der Waals surface area contributed by atoms with Crippen molar-refractivity contribution in [2.24, 2.45) is 0 Å². The van der Waals surface area contributed by atoms with Gasteiger partial charge < -0.3 is 9.80 Å². The number of rotatable bonds is 5. The smallest absolute Gasteiger partial charge is 0.137 e. The lowest BCUT2D eigenvalue weighted by atomic mass is 10.0. The van der Waals surface area contributed by atoms with E-state index in [4.69, 9.17) is 16.6 Å². The molecular formula is C16H27ClN4. The van der Waals surface area contributed by atoms with Gasteiger partial charge in [0.1, 0.15) is 16.8 Å². The summed E-state index contributed by atoms with van der Waals surface area (Å²) in [6.07, 6.45) is 4.30. The molecule has 0 amide bonds. The van der Waals surface area contributed by atoms with E-state index in [-0.39, 0.29) is 0 Å². The van der Waals surface area contributed by atoms with Crippen molar-refractivity contribution in [3.63, 3.8) is 0 Å². The SMILES string of the molecule is CCCc1nc(Cl)c(C)c(N(C)C2CCN(CC)CC2)n1. The Bertz CT molecular complexity index is 470. The fourth-order valence-electron chi connectivity index (χ4n) is 3.00. The first-order valence-electron chi connectivity index (χ1n) is 8.05. The Labute approximate surface area is 133 Å². The van der Waals surface area contributed by atoms with Gasteiger partial charge in [-0.2, -0.15) is 0 Å². The molecule has 0 atom stereocenters. The summed E-state index contributed by atoms with van der Waals surface area (Å²) in [5.41, 5.74) is 0.997. The van der Waals surface area contributed by atoms with Crippen molar-refractivity contribution in [3.05, 3.63) is 16.5 Å². The van der Waals surface area contributed by atoms with Gasteiger partial charge in [-0.1, -0.05) is 25.4 Å². The van der Waals surface area contributed by atoms with E-state index < -0.39 is 0 Å². The number of anilines is 1. The predicted octanol–water partition coefficient (Wildman–Crippen LogP) is 3.31. The molecule has 1 aromatic rings. The van der Waals surface area contributed by atoms with Crippen molar-refractivity contribution in [2.75, 3.05) is 31.6 Å². The molecule has 0 unspecified atom stereocenters. The van der Waals surface area contributed by atoms with Crippen molar-refractivity contribution in [2.45, 2.75) is 52.5 Å². The van der Waals surface area contributed by atoms with Crippen LogP contribution < -0.4 is 4.90 Å². The third kappa shape index (κ3) is 3.86. The Morgan fingerprint density at radius 1 is 1.24 bits per heavy atom. The second-order valence-electron chi connectivity index (χ2n) is 5.91. The van der Waals surface area contributed by atoms with Crippen molar-refractivity contribution in [3.8, 4) is 0 Å². The molecule has 5 heteroatoms. The molecule has 2 heterocycles. The molecule has 0 N–H and O–H groups in total. The van der Waals surface area contributed by atoms with E-state index in [1.807, 2.05) is 6.92 Å². The zero-order valence-corrected chi connectivity index (χ0v) is 14.4. The van der Waals surface area contributed by atoms with Gasteiger partial charge in [0.05, 0.1) is 0 Å². The van der Waals surface area contributed by atoms with Crippen LogP contribution in [0.15, 0.2) is 0 Å². The first-order valence-corrected chi connectivity index (χ1v) is 8.42. The van der Waals surface area contributed by atoms with E-state index in [0.29, 0.717) is 11.2 Å². The average Bonchev–Trinajstić information content (AvgIpc) is 2.50. The summed E-state index contributed by atoms with van der Waals surface area (Å²) in [6.45, 7) is 9.88. The summed E-state index contributed by atoms with van der Waals surface area (Å²) in [7, 11) is 2.15. The topological polar surface area (TPSA) is 32.3 Å². The van der Waals surface area contributed by atoms with E-state index in [1.165, 1.54) is 25.9 Å². The van der Waals surface area contributed by atoms with Crippen LogP contribution in [0, 0.1) is 6.92 Å². The normalized spacial score (nSPS) is 17.2. The fraction of sp³-hybridized carbons (Fsp3) is 0.750. The van der Waals surface area contributed by atoms with Crippen LogP contribution >= 0.6 is 11.6 Å². The molecule has 0 radical (unpaired) electrons. The number of hydrogen-bond donors (Lipinski definition) is 0. The highest BCUT2D eigenvalue weighted by Crippen LogP contribution is 2.27. The van der Waals surface area contributed by atoms with Crippen LogP contribution in [0.1, 0.15) is 44.5 Å². The molecule has 1 fully saturated rings. The zero-order chi connectivity index (χ0) is 15.4. The van der Waals surface area contributed by atoms with Gasteiger partial charge in [-0.3, -0.25) is 0 Å².